The van der Waals surface area contributed by atoms with Gasteiger partial charge in [-0.15, -0.1) is 0 Å². The quantitative estimate of drug-likeness (QED) is 0.142. The summed E-state index contributed by atoms with van der Waals surface area (Å²) < 4.78 is 0. The van der Waals surface area contributed by atoms with Crippen LogP contribution in [0.4, 0.5) is 0 Å². The molecule has 1 aromatic carbocycles. The minimum absolute atomic E-state index is 0.177. The molecule has 0 saturated heterocycles. The van der Waals surface area contributed by atoms with Crippen molar-refractivity contribution in [2.45, 2.75) is 56.8 Å². The first-order valence-electron chi connectivity index (χ1n) is 11.3. The van der Waals surface area contributed by atoms with E-state index in [0.717, 1.165) is 16.5 Å². The predicted molar refractivity (Wildman–Crippen MR) is 130 cm³/mol. The van der Waals surface area contributed by atoms with Crippen molar-refractivity contribution in [2.24, 2.45) is 11.5 Å². The lowest BCUT2D eigenvalue weighted by atomic mass is 10.0. The average Bonchev–Trinajstić information content (AvgIpc) is 3.23. The Bertz CT molecular complexity index is 1180. The van der Waals surface area contributed by atoms with E-state index in [0.29, 0.717) is 0 Å². The molecule has 0 fully saturated rings. The summed E-state index contributed by atoms with van der Waals surface area (Å²) in [6, 6.07) is 2.06. The van der Waals surface area contributed by atoms with Gasteiger partial charge in [-0.1, -0.05) is 18.2 Å². The Hall–Kier alpha value is -4.46. The van der Waals surface area contributed by atoms with Crippen molar-refractivity contribution in [3.8, 4) is 0 Å². The number of amides is 4. The average molecular weight is 519 g/mol. The lowest BCUT2D eigenvalue weighted by molar-refractivity contribution is -0.143. The number of aromatic amines is 1. The Labute approximate surface area is 211 Å². The number of H-pyrrole nitrogens is 1. The first kappa shape index (κ1) is 28.8. The van der Waals surface area contributed by atoms with Crippen LogP contribution in [0.5, 0.6) is 0 Å². The van der Waals surface area contributed by atoms with Gasteiger partial charge in [0.25, 0.3) is 0 Å². The first-order chi connectivity index (χ1) is 17.4. The third-order valence-electron chi connectivity index (χ3n) is 5.51. The molecule has 4 atom stereocenters. The van der Waals surface area contributed by atoms with Gasteiger partial charge in [-0.2, -0.15) is 0 Å². The summed E-state index contributed by atoms with van der Waals surface area (Å²) in [7, 11) is 0. The van der Waals surface area contributed by atoms with Crippen LogP contribution in [0.1, 0.15) is 31.7 Å². The van der Waals surface area contributed by atoms with Crippen LogP contribution < -0.4 is 27.4 Å². The molecule has 4 unspecified atom stereocenters. The summed E-state index contributed by atoms with van der Waals surface area (Å²) in [5.74, 6) is -6.34. The van der Waals surface area contributed by atoms with Crippen molar-refractivity contribution in [3.05, 3.63) is 36.0 Å². The van der Waals surface area contributed by atoms with E-state index < -0.39 is 66.2 Å². The summed E-state index contributed by atoms with van der Waals surface area (Å²) in [4.78, 5) is 74.3. The normalized spacial score (nSPS) is 14.1. The van der Waals surface area contributed by atoms with Crippen LogP contribution in [0, 0.1) is 0 Å². The molecule has 37 heavy (non-hydrogen) atoms. The highest BCUT2D eigenvalue weighted by Gasteiger charge is 2.30. The molecule has 14 heteroatoms. The molecule has 200 valence electrons. The largest absolute Gasteiger partial charge is 0.481 e. The van der Waals surface area contributed by atoms with E-state index in [-0.39, 0.29) is 19.3 Å². The summed E-state index contributed by atoms with van der Waals surface area (Å²) in [5.41, 5.74) is 12.7. The topological polar surface area (TPSA) is 247 Å². The van der Waals surface area contributed by atoms with Crippen LogP contribution in [0.2, 0.25) is 0 Å². The zero-order chi connectivity index (χ0) is 27.7. The van der Waals surface area contributed by atoms with E-state index in [9.17, 15) is 33.9 Å². The number of benzene rings is 1. The van der Waals surface area contributed by atoms with Crippen LogP contribution >= 0.6 is 0 Å². The number of nitrogens with two attached hydrogens (primary N) is 2. The van der Waals surface area contributed by atoms with Gasteiger partial charge in [-0.3, -0.25) is 24.0 Å². The van der Waals surface area contributed by atoms with Crippen molar-refractivity contribution in [3.63, 3.8) is 0 Å². The second-order valence-electron chi connectivity index (χ2n) is 8.46. The molecule has 4 amide bonds. The van der Waals surface area contributed by atoms with Crippen molar-refractivity contribution in [2.75, 3.05) is 0 Å². The SMILES string of the molecule is CC(NC(=O)C(N)Cc1c[nH]c2ccccc12)C(=O)NC(CC(=O)O)C(=O)NC(CCC(N)=O)C(=O)O. The standard InChI is InChI=1S/C23H30N6O8/c1-11(27-21(34)14(24)8-12-10-26-15-5-3-2-4-13(12)15)20(33)29-17(9-19(31)32)22(35)28-16(23(36)37)6-7-18(25)30/h2-5,10-11,14,16-17,26H,6-9,24H2,1H3,(H2,25,30)(H,27,34)(H,28,35)(H,29,33)(H,31,32)(H,36,37). The third-order valence-corrected chi connectivity index (χ3v) is 5.51. The molecule has 1 aromatic heterocycles. The predicted octanol–water partition coefficient (Wildman–Crippen LogP) is -1.66. The van der Waals surface area contributed by atoms with Crippen LogP contribution in [-0.2, 0) is 35.2 Å². The maximum absolute atomic E-state index is 12.6. The number of carbonyl (C=O) groups excluding carboxylic acids is 4. The highest BCUT2D eigenvalue weighted by Crippen LogP contribution is 2.18. The minimum atomic E-state index is -1.65. The molecule has 2 rings (SSSR count). The fraction of sp³-hybridized carbons (Fsp3) is 0.391. The third kappa shape index (κ3) is 8.61. The molecule has 0 radical (unpaired) electrons. The van der Waals surface area contributed by atoms with Crippen LogP contribution in [-0.4, -0.2) is 74.9 Å². The van der Waals surface area contributed by atoms with E-state index in [4.69, 9.17) is 16.6 Å². The maximum atomic E-state index is 12.6. The number of carboxylic acids is 2. The van der Waals surface area contributed by atoms with Gasteiger partial charge in [0.2, 0.25) is 23.6 Å². The number of primary amides is 1. The first-order valence-corrected chi connectivity index (χ1v) is 11.3. The summed E-state index contributed by atoms with van der Waals surface area (Å²) in [5, 5.41) is 26.0. The van der Waals surface area contributed by atoms with Crippen molar-refractivity contribution in [1.29, 1.82) is 0 Å². The molecule has 0 aliphatic carbocycles. The Morgan fingerprint density at radius 2 is 1.59 bits per heavy atom. The molecule has 1 heterocycles. The van der Waals surface area contributed by atoms with Gasteiger partial charge in [0.15, 0.2) is 0 Å². The molecule has 0 saturated carbocycles. The fourth-order valence-electron chi connectivity index (χ4n) is 3.51. The fourth-order valence-corrected chi connectivity index (χ4v) is 3.51. The highest BCUT2D eigenvalue weighted by atomic mass is 16.4. The number of carbonyl (C=O) groups is 6. The summed E-state index contributed by atoms with van der Waals surface area (Å²) >= 11 is 0. The molecule has 2 aromatic rings. The second kappa shape index (κ2) is 13.0. The number of aliphatic carboxylic acids is 2. The Morgan fingerprint density at radius 3 is 2.22 bits per heavy atom. The highest BCUT2D eigenvalue weighted by molar-refractivity contribution is 5.95. The van der Waals surface area contributed by atoms with E-state index in [1.54, 1.807) is 6.20 Å². The van der Waals surface area contributed by atoms with Crippen molar-refractivity contribution in [1.82, 2.24) is 20.9 Å². The molecular formula is C23H30N6O8. The van der Waals surface area contributed by atoms with Crippen LogP contribution in [0.25, 0.3) is 10.9 Å². The zero-order valence-corrected chi connectivity index (χ0v) is 20.0. The number of nitrogens with one attached hydrogen (secondary N) is 4. The van der Waals surface area contributed by atoms with Crippen LogP contribution in [0.15, 0.2) is 30.5 Å². The van der Waals surface area contributed by atoms with Crippen molar-refractivity contribution < 1.29 is 39.0 Å². The number of rotatable bonds is 14. The van der Waals surface area contributed by atoms with Crippen molar-refractivity contribution >= 4 is 46.5 Å². The molecule has 10 N–H and O–H groups in total. The summed E-state index contributed by atoms with van der Waals surface area (Å²) in [6.07, 6.45) is 0.382. The van der Waals surface area contributed by atoms with Gasteiger partial charge in [0.05, 0.1) is 12.5 Å². The lowest BCUT2D eigenvalue weighted by Gasteiger charge is -2.23. The lowest BCUT2D eigenvalue weighted by Crippen LogP contribution is -2.57. The smallest absolute Gasteiger partial charge is 0.326 e. The molecular weight excluding hydrogens is 488 g/mol. The zero-order valence-electron chi connectivity index (χ0n) is 20.0. The van der Waals surface area contributed by atoms with Crippen LogP contribution in [0.3, 0.4) is 0 Å². The number of fused-ring (bicyclic) bond motifs is 1. The summed E-state index contributed by atoms with van der Waals surface area (Å²) in [6.45, 7) is 1.31. The minimum Gasteiger partial charge on any atom is -0.481 e. The van der Waals surface area contributed by atoms with E-state index in [2.05, 4.69) is 20.9 Å². The maximum Gasteiger partial charge on any atom is 0.326 e. The molecule has 0 bridgehead atoms. The van der Waals surface area contributed by atoms with Gasteiger partial charge in [0.1, 0.15) is 18.1 Å². The monoisotopic (exact) mass is 518 g/mol. The van der Waals surface area contributed by atoms with Gasteiger partial charge < -0.3 is 42.6 Å². The van der Waals surface area contributed by atoms with E-state index in [1.807, 2.05) is 24.3 Å². The molecule has 14 nitrogen and oxygen atoms in total. The second-order valence-corrected chi connectivity index (χ2v) is 8.46. The van der Waals surface area contributed by atoms with Gasteiger partial charge in [-0.25, -0.2) is 4.79 Å². The number of hydrogen-bond acceptors (Lipinski definition) is 7. The number of hydrogen-bond donors (Lipinski definition) is 8. The van der Waals surface area contributed by atoms with E-state index in [1.165, 1.54) is 6.92 Å². The Kier molecular flexibility index (Phi) is 10.1. The number of para-hydroxylation sites is 1. The molecule has 0 aliphatic rings. The van der Waals surface area contributed by atoms with E-state index >= 15 is 0 Å². The van der Waals surface area contributed by atoms with Gasteiger partial charge in [0, 0.05) is 23.5 Å². The number of aromatic nitrogens is 1. The molecule has 0 spiro atoms. The van der Waals surface area contributed by atoms with Gasteiger partial charge in [-0.05, 0) is 31.4 Å². The van der Waals surface area contributed by atoms with Gasteiger partial charge >= 0.3 is 11.9 Å². The Balaban J connectivity index is 1.99. The number of carboxylic acid groups (broad SMARTS) is 2. The molecule has 0 aliphatic heterocycles. The Morgan fingerprint density at radius 1 is 0.946 bits per heavy atom.